The fraction of sp³-hybridized carbons (Fsp3) is 0.333. The van der Waals surface area contributed by atoms with Gasteiger partial charge in [-0.15, -0.1) is 0 Å². The van der Waals surface area contributed by atoms with Gasteiger partial charge in [-0.3, -0.25) is 14.8 Å². The smallest absolute Gasteiger partial charge is 0.385 e. The van der Waals surface area contributed by atoms with Gasteiger partial charge in [0.1, 0.15) is 12.3 Å². The summed E-state index contributed by atoms with van der Waals surface area (Å²) in [6.07, 6.45) is 1.70. The van der Waals surface area contributed by atoms with E-state index in [0.717, 1.165) is 19.5 Å². The van der Waals surface area contributed by atoms with Crippen LogP contribution in [0.2, 0.25) is 0 Å². The molecule has 0 amide bonds. The van der Waals surface area contributed by atoms with E-state index in [1.807, 2.05) is 0 Å². The maximum absolute atomic E-state index is 13.3. The molecule has 0 saturated carbocycles. The molecule has 0 radical (unpaired) electrons. The molecule has 0 saturated heterocycles. The van der Waals surface area contributed by atoms with Crippen molar-refractivity contribution in [3.63, 3.8) is 0 Å². The van der Waals surface area contributed by atoms with Crippen molar-refractivity contribution in [3.8, 4) is 0 Å². The number of carbonyl (C=O) groups is 2. The van der Waals surface area contributed by atoms with E-state index < -0.39 is 17.6 Å². The molecule has 1 rings (SSSR count). The molecule has 1 heterocycles. The number of esters is 1. The van der Waals surface area contributed by atoms with E-state index in [1.54, 1.807) is 0 Å². The van der Waals surface area contributed by atoms with E-state index in [2.05, 4.69) is 19.4 Å². The first-order chi connectivity index (χ1) is 8.02. The largest absolute Gasteiger partial charge is 0.464 e. The third kappa shape index (κ3) is 2.92. The molecule has 1 aromatic heterocycles. The van der Waals surface area contributed by atoms with Crippen molar-refractivity contribution in [1.29, 1.82) is 0 Å². The van der Waals surface area contributed by atoms with Gasteiger partial charge in [-0.05, 0) is 0 Å². The molecule has 0 aliphatic rings. The summed E-state index contributed by atoms with van der Waals surface area (Å²) >= 11 is 0. The summed E-state index contributed by atoms with van der Waals surface area (Å²) in [7, 11) is 0.843. The molecule has 0 aromatic carbocycles. The normalized spacial score (nSPS) is 10.8. The molecule has 0 aliphatic carbocycles. The highest BCUT2D eigenvalue weighted by molar-refractivity contribution is 5.78. The van der Waals surface area contributed by atoms with Crippen molar-refractivity contribution >= 4 is 12.4 Å². The van der Waals surface area contributed by atoms with Crippen molar-refractivity contribution in [3.05, 3.63) is 23.8 Å². The van der Waals surface area contributed by atoms with E-state index >= 15 is 0 Å². The molecule has 0 spiro atoms. The van der Waals surface area contributed by atoms with Gasteiger partial charge in [0.15, 0.2) is 0 Å². The molecular weight excluding hydrogens is 238 g/mol. The Labute approximate surface area is 94.6 Å². The van der Waals surface area contributed by atoms with Gasteiger partial charge >= 0.3 is 11.9 Å². The molecule has 0 atom stereocenters. The zero-order chi connectivity index (χ0) is 12.9. The van der Waals surface area contributed by atoms with Crippen LogP contribution in [-0.2, 0) is 31.6 Å². The average molecular weight is 246 g/mol. The van der Waals surface area contributed by atoms with Crippen LogP contribution in [0.15, 0.2) is 12.4 Å². The van der Waals surface area contributed by atoms with Crippen molar-refractivity contribution in [2.45, 2.75) is 12.5 Å². The predicted molar refractivity (Wildman–Crippen MR) is 48.8 cm³/mol. The quantitative estimate of drug-likeness (QED) is 0.553. The first-order valence-electron chi connectivity index (χ1n) is 4.35. The maximum atomic E-state index is 13.3. The summed E-state index contributed by atoms with van der Waals surface area (Å²) in [4.78, 5) is 27.6. The van der Waals surface area contributed by atoms with Crippen LogP contribution >= 0.6 is 0 Å². The Balaban J connectivity index is 2.86. The topological polar surface area (TPSA) is 78.4 Å². The third-order valence-corrected chi connectivity index (χ3v) is 1.77. The summed E-state index contributed by atoms with van der Waals surface area (Å²) in [6.45, 7) is 0.0131. The highest BCUT2D eigenvalue weighted by Gasteiger charge is 2.44. The van der Waals surface area contributed by atoms with Crippen LogP contribution in [-0.4, -0.2) is 29.5 Å². The second-order valence-electron chi connectivity index (χ2n) is 2.87. The lowest BCUT2D eigenvalue weighted by Gasteiger charge is -2.12. The van der Waals surface area contributed by atoms with E-state index in [0.29, 0.717) is 0 Å². The van der Waals surface area contributed by atoms with Crippen molar-refractivity contribution < 1.29 is 27.8 Å². The number of aromatic nitrogens is 2. The van der Waals surface area contributed by atoms with Gasteiger partial charge in [-0.2, -0.15) is 8.78 Å². The lowest BCUT2D eigenvalue weighted by molar-refractivity contribution is -0.170. The molecule has 6 nitrogen and oxygen atoms in total. The number of rotatable bonds is 5. The fourth-order valence-corrected chi connectivity index (χ4v) is 0.944. The van der Waals surface area contributed by atoms with E-state index in [-0.39, 0.29) is 18.8 Å². The van der Waals surface area contributed by atoms with Crippen LogP contribution in [0.5, 0.6) is 0 Å². The Morgan fingerprint density at radius 3 is 2.65 bits per heavy atom. The van der Waals surface area contributed by atoms with Gasteiger partial charge < -0.3 is 9.47 Å². The SMILES string of the molecule is COC(=O)C(F)(F)c1cnc(COC=O)cn1. The van der Waals surface area contributed by atoms with Crippen molar-refractivity contribution in [2.24, 2.45) is 0 Å². The molecule has 17 heavy (non-hydrogen) atoms. The molecule has 0 bridgehead atoms. The van der Waals surface area contributed by atoms with Gasteiger partial charge in [0, 0.05) is 0 Å². The number of hydrogen-bond donors (Lipinski definition) is 0. The van der Waals surface area contributed by atoms with Crippen molar-refractivity contribution in [2.75, 3.05) is 7.11 Å². The molecular formula is C9H8F2N2O4. The number of alkyl halides is 2. The van der Waals surface area contributed by atoms with Gasteiger partial charge in [0.25, 0.3) is 6.47 Å². The first kappa shape index (κ1) is 12.9. The number of hydrogen-bond acceptors (Lipinski definition) is 6. The zero-order valence-corrected chi connectivity index (χ0v) is 8.72. The molecule has 0 fully saturated rings. The summed E-state index contributed by atoms with van der Waals surface area (Å²) < 4.78 is 34.8. The predicted octanol–water partition coefficient (Wildman–Crippen LogP) is 0.414. The van der Waals surface area contributed by atoms with Crippen LogP contribution in [0.25, 0.3) is 0 Å². The molecule has 0 aliphatic heterocycles. The highest BCUT2D eigenvalue weighted by atomic mass is 19.3. The number of ether oxygens (including phenoxy) is 2. The second-order valence-corrected chi connectivity index (χ2v) is 2.87. The van der Waals surface area contributed by atoms with E-state index in [9.17, 15) is 18.4 Å². The summed E-state index contributed by atoms with van der Waals surface area (Å²) in [6, 6.07) is 0. The van der Waals surface area contributed by atoms with E-state index in [4.69, 9.17) is 0 Å². The van der Waals surface area contributed by atoms with Gasteiger partial charge in [0.05, 0.1) is 25.2 Å². The summed E-state index contributed by atoms with van der Waals surface area (Å²) in [5, 5.41) is 0. The number of methoxy groups -OCH3 is 1. The minimum absolute atomic E-state index is 0.180. The molecule has 8 heteroatoms. The van der Waals surface area contributed by atoms with Crippen LogP contribution in [0.4, 0.5) is 8.78 Å². The van der Waals surface area contributed by atoms with Crippen LogP contribution < -0.4 is 0 Å². The van der Waals surface area contributed by atoms with Crippen molar-refractivity contribution in [1.82, 2.24) is 9.97 Å². The van der Waals surface area contributed by atoms with Gasteiger partial charge in [-0.1, -0.05) is 0 Å². The minimum atomic E-state index is -3.86. The Morgan fingerprint density at radius 1 is 1.47 bits per heavy atom. The number of nitrogens with zero attached hydrogens (tertiary/aromatic N) is 2. The van der Waals surface area contributed by atoms with Crippen LogP contribution in [0.3, 0.4) is 0 Å². The molecule has 0 unspecified atom stereocenters. The second kappa shape index (κ2) is 5.28. The standard InChI is InChI=1S/C9H8F2N2O4/c1-16-8(15)9(10,11)7-3-12-6(2-13-7)4-17-5-14/h2-3,5H,4H2,1H3. The average Bonchev–Trinajstić information content (AvgIpc) is 2.35. The lowest BCUT2D eigenvalue weighted by atomic mass is 10.2. The maximum Gasteiger partial charge on any atom is 0.385 e. The molecule has 1 aromatic rings. The van der Waals surface area contributed by atoms with Crippen LogP contribution in [0, 0.1) is 0 Å². The first-order valence-corrected chi connectivity index (χ1v) is 4.35. The molecule has 0 N–H and O–H groups in total. The third-order valence-electron chi connectivity index (χ3n) is 1.77. The number of halogens is 2. The summed E-state index contributed by atoms with van der Waals surface area (Å²) in [5.41, 5.74) is -0.652. The minimum Gasteiger partial charge on any atom is -0.464 e. The van der Waals surface area contributed by atoms with E-state index in [1.165, 1.54) is 0 Å². The molecule has 92 valence electrons. The lowest BCUT2D eigenvalue weighted by Crippen LogP contribution is -2.28. The number of carbonyl (C=O) groups excluding carboxylic acids is 2. The summed E-state index contributed by atoms with van der Waals surface area (Å²) in [5.74, 6) is -5.57. The van der Waals surface area contributed by atoms with Crippen LogP contribution in [0.1, 0.15) is 11.4 Å². The Morgan fingerprint density at radius 2 is 2.18 bits per heavy atom. The van der Waals surface area contributed by atoms with Gasteiger partial charge in [0.2, 0.25) is 0 Å². The fourth-order valence-electron chi connectivity index (χ4n) is 0.944. The highest BCUT2D eigenvalue weighted by Crippen LogP contribution is 2.26. The zero-order valence-electron chi connectivity index (χ0n) is 8.72. The Hall–Kier alpha value is -2.12. The van der Waals surface area contributed by atoms with Gasteiger partial charge in [-0.25, -0.2) is 4.79 Å². The Bertz CT molecular complexity index is 408. The monoisotopic (exact) mass is 246 g/mol. The Kier molecular flexibility index (Phi) is 4.02.